The molecule has 1 N–H and O–H groups in total. The van der Waals surface area contributed by atoms with E-state index in [-0.39, 0.29) is 6.04 Å². The van der Waals surface area contributed by atoms with Crippen LogP contribution in [-0.2, 0) is 0 Å². The zero-order valence-corrected chi connectivity index (χ0v) is 10.1. The lowest BCUT2D eigenvalue weighted by Crippen LogP contribution is -2.16. The molecule has 0 heterocycles. The second-order valence-corrected chi connectivity index (χ2v) is 4.17. The van der Waals surface area contributed by atoms with Crippen LogP contribution in [0.25, 0.3) is 0 Å². The molecule has 74 valence electrons. The first-order valence-corrected chi connectivity index (χ1v) is 5.35. The van der Waals surface area contributed by atoms with Crippen molar-refractivity contribution in [1.82, 2.24) is 5.32 Å². The van der Waals surface area contributed by atoms with Crippen LogP contribution in [0.2, 0.25) is 0 Å². The number of terminal acetylenes is 1. The summed E-state index contributed by atoms with van der Waals surface area (Å²) < 4.78 is 1.09. The normalized spacial score (nSPS) is 12.1. The SMILES string of the molecule is C#CCC(NC)c1cc(Br)ccc1C. The maximum atomic E-state index is 5.33. The summed E-state index contributed by atoms with van der Waals surface area (Å²) in [5, 5.41) is 3.22. The van der Waals surface area contributed by atoms with Crippen molar-refractivity contribution < 1.29 is 0 Å². The molecule has 0 aliphatic rings. The van der Waals surface area contributed by atoms with Gasteiger partial charge in [-0.25, -0.2) is 0 Å². The molecule has 1 atom stereocenters. The van der Waals surface area contributed by atoms with Crippen molar-refractivity contribution in [3.8, 4) is 12.3 Å². The molecule has 0 aliphatic carbocycles. The highest BCUT2D eigenvalue weighted by atomic mass is 79.9. The molecule has 0 aliphatic heterocycles. The lowest BCUT2D eigenvalue weighted by Gasteiger charge is -2.16. The fourth-order valence-corrected chi connectivity index (χ4v) is 1.85. The van der Waals surface area contributed by atoms with Gasteiger partial charge in [0.05, 0.1) is 0 Å². The lowest BCUT2D eigenvalue weighted by atomic mass is 9.99. The van der Waals surface area contributed by atoms with Gasteiger partial charge in [-0.15, -0.1) is 12.3 Å². The maximum absolute atomic E-state index is 5.33. The van der Waals surface area contributed by atoms with E-state index < -0.39 is 0 Å². The van der Waals surface area contributed by atoms with E-state index in [1.807, 2.05) is 13.1 Å². The molecular weight excluding hydrogens is 238 g/mol. The van der Waals surface area contributed by atoms with Crippen LogP contribution in [0.1, 0.15) is 23.6 Å². The molecule has 14 heavy (non-hydrogen) atoms. The minimum absolute atomic E-state index is 0.248. The molecule has 1 nitrogen and oxygen atoms in total. The number of nitrogens with one attached hydrogen (secondary N) is 1. The number of aryl methyl sites for hydroxylation is 1. The van der Waals surface area contributed by atoms with Crippen LogP contribution < -0.4 is 5.32 Å². The predicted octanol–water partition coefficient (Wildman–Crippen LogP) is 3.04. The minimum Gasteiger partial charge on any atom is -0.312 e. The van der Waals surface area contributed by atoms with Crippen LogP contribution in [0, 0.1) is 19.3 Å². The predicted molar refractivity (Wildman–Crippen MR) is 64.1 cm³/mol. The van der Waals surface area contributed by atoms with E-state index in [0.717, 1.165) is 4.47 Å². The number of benzene rings is 1. The largest absolute Gasteiger partial charge is 0.312 e. The first-order valence-electron chi connectivity index (χ1n) is 4.55. The smallest absolute Gasteiger partial charge is 0.0431 e. The van der Waals surface area contributed by atoms with Gasteiger partial charge < -0.3 is 5.32 Å². The summed E-state index contributed by atoms with van der Waals surface area (Å²) in [5.41, 5.74) is 2.53. The van der Waals surface area contributed by atoms with Crippen LogP contribution in [-0.4, -0.2) is 7.05 Å². The van der Waals surface area contributed by atoms with Crippen molar-refractivity contribution >= 4 is 15.9 Å². The molecule has 0 saturated heterocycles. The molecule has 2 heteroatoms. The summed E-state index contributed by atoms with van der Waals surface area (Å²) >= 11 is 3.47. The molecule has 0 aromatic heterocycles. The molecule has 0 spiro atoms. The minimum atomic E-state index is 0.248. The van der Waals surface area contributed by atoms with Gasteiger partial charge in [0.2, 0.25) is 0 Å². The summed E-state index contributed by atoms with van der Waals surface area (Å²) in [6, 6.07) is 6.51. The molecule has 0 radical (unpaired) electrons. The van der Waals surface area contributed by atoms with Crippen LogP contribution in [0.5, 0.6) is 0 Å². The third-order valence-electron chi connectivity index (χ3n) is 2.29. The Labute approximate surface area is 94.0 Å². The van der Waals surface area contributed by atoms with Crippen molar-refractivity contribution in [2.75, 3.05) is 7.05 Å². The summed E-state index contributed by atoms with van der Waals surface area (Å²) in [4.78, 5) is 0. The molecule has 1 unspecified atom stereocenters. The highest BCUT2D eigenvalue weighted by molar-refractivity contribution is 9.10. The van der Waals surface area contributed by atoms with Gasteiger partial charge in [-0.1, -0.05) is 22.0 Å². The number of hydrogen-bond acceptors (Lipinski definition) is 1. The average Bonchev–Trinajstić information content (AvgIpc) is 2.18. The Morgan fingerprint density at radius 1 is 1.57 bits per heavy atom. The molecule has 1 aromatic carbocycles. The molecule has 1 aromatic rings. The summed E-state index contributed by atoms with van der Waals surface area (Å²) in [5.74, 6) is 2.69. The van der Waals surface area contributed by atoms with Crippen molar-refractivity contribution in [3.63, 3.8) is 0 Å². The number of hydrogen-bond donors (Lipinski definition) is 1. The van der Waals surface area contributed by atoms with Crippen LogP contribution in [0.3, 0.4) is 0 Å². The topological polar surface area (TPSA) is 12.0 Å². The van der Waals surface area contributed by atoms with Crippen LogP contribution in [0.15, 0.2) is 22.7 Å². The fourth-order valence-electron chi connectivity index (χ4n) is 1.47. The molecular formula is C12H14BrN. The second kappa shape index (κ2) is 5.19. The zero-order valence-electron chi connectivity index (χ0n) is 8.47. The van der Waals surface area contributed by atoms with E-state index in [9.17, 15) is 0 Å². The zero-order chi connectivity index (χ0) is 10.6. The standard InChI is InChI=1S/C12H14BrN/c1-4-5-12(14-3)11-8-10(13)7-6-9(11)2/h1,6-8,12,14H,5H2,2-3H3. The summed E-state index contributed by atoms with van der Waals surface area (Å²) in [6.45, 7) is 2.10. The van der Waals surface area contributed by atoms with Gasteiger partial charge in [-0.05, 0) is 37.2 Å². The van der Waals surface area contributed by atoms with E-state index in [1.54, 1.807) is 0 Å². The Bertz CT molecular complexity index is 352. The first-order chi connectivity index (χ1) is 6.69. The molecule has 1 rings (SSSR count). The number of rotatable bonds is 3. The van der Waals surface area contributed by atoms with Gasteiger partial charge >= 0.3 is 0 Å². The van der Waals surface area contributed by atoms with Gasteiger partial charge in [0.25, 0.3) is 0 Å². The average molecular weight is 252 g/mol. The summed E-state index contributed by atoms with van der Waals surface area (Å²) in [7, 11) is 1.93. The van der Waals surface area contributed by atoms with Crippen LogP contribution in [0.4, 0.5) is 0 Å². The van der Waals surface area contributed by atoms with E-state index in [1.165, 1.54) is 11.1 Å². The van der Waals surface area contributed by atoms with Gasteiger partial charge in [-0.3, -0.25) is 0 Å². The number of halogens is 1. The maximum Gasteiger partial charge on any atom is 0.0431 e. The highest BCUT2D eigenvalue weighted by Gasteiger charge is 2.10. The monoisotopic (exact) mass is 251 g/mol. The van der Waals surface area contributed by atoms with E-state index in [2.05, 4.69) is 46.2 Å². The highest BCUT2D eigenvalue weighted by Crippen LogP contribution is 2.23. The van der Waals surface area contributed by atoms with Crippen molar-refractivity contribution in [2.24, 2.45) is 0 Å². The first kappa shape index (κ1) is 11.3. The Balaban J connectivity index is 3.03. The van der Waals surface area contributed by atoms with E-state index in [0.29, 0.717) is 6.42 Å². The van der Waals surface area contributed by atoms with Crippen molar-refractivity contribution in [3.05, 3.63) is 33.8 Å². The van der Waals surface area contributed by atoms with Gasteiger partial charge in [-0.2, -0.15) is 0 Å². The molecule has 0 saturated carbocycles. The Morgan fingerprint density at radius 3 is 2.86 bits per heavy atom. The molecule has 0 amide bonds. The fraction of sp³-hybridized carbons (Fsp3) is 0.333. The second-order valence-electron chi connectivity index (χ2n) is 3.25. The lowest BCUT2D eigenvalue weighted by molar-refractivity contribution is 0.608. The van der Waals surface area contributed by atoms with Gasteiger partial charge in [0.15, 0.2) is 0 Å². The van der Waals surface area contributed by atoms with Gasteiger partial charge in [0.1, 0.15) is 0 Å². The van der Waals surface area contributed by atoms with Crippen molar-refractivity contribution in [2.45, 2.75) is 19.4 Å². The Morgan fingerprint density at radius 2 is 2.29 bits per heavy atom. The Kier molecular flexibility index (Phi) is 4.19. The van der Waals surface area contributed by atoms with E-state index in [4.69, 9.17) is 6.42 Å². The summed E-state index contributed by atoms with van der Waals surface area (Å²) in [6.07, 6.45) is 6.04. The Hall–Kier alpha value is -0.780. The van der Waals surface area contributed by atoms with Crippen LogP contribution >= 0.6 is 15.9 Å². The third kappa shape index (κ3) is 2.60. The van der Waals surface area contributed by atoms with Gasteiger partial charge in [0, 0.05) is 16.9 Å². The third-order valence-corrected chi connectivity index (χ3v) is 2.78. The molecule has 0 fully saturated rings. The molecule has 0 bridgehead atoms. The van der Waals surface area contributed by atoms with E-state index >= 15 is 0 Å². The quantitative estimate of drug-likeness (QED) is 0.815. The van der Waals surface area contributed by atoms with Crippen molar-refractivity contribution in [1.29, 1.82) is 0 Å².